The lowest BCUT2D eigenvalue weighted by molar-refractivity contribution is -0.470. The van der Waals surface area contributed by atoms with E-state index in [1.807, 2.05) is 0 Å². The monoisotopic (exact) mass is 138 g/mol. The van der Waals surface area contributed by atoms with E-state index in [-0.39, 0.29) is 6.61 Å². The van der Waals surface area contributed by atoms with E-state index >= 15 is 0 Å². The molecule has 0 aliphatic carbocycles. The van der Waals surface area contributed by atoms with Crippen LogP contribution in [0.25, 0.3) is 0 Å². The van der Waals surface area contributed by atoms with Gasteiger partial charge in [-0.05, 0) is 0 Å². The number of hydrogen-bond acceptors (Lipinski definition) is 4. The zero-order valence-electron chi connectivity index (χ0n) is 3.80. The second kappa shape index (κ2) is 2.30. The largest absolute Gasteiger partial charge is 0.418 e. The first-order chi connectivity index (χ1) is 3.79. The highest BCUT2D eigenvalue weighted by Crippen LogP contribution is 2.08. The maximum absolute atomic E-state index is 9.85. The van der Waals surface area contributed by atoms with E-state index in [1.54, 1.807) is 0 Å². The van der Waals surface area contributed by atoms with Gasteiger partial charge in [-0.25, -0.2) is 9.68 Å². The number of carbonyl (C=O) groups excluding carboxylic acids is 1. The normalized spacial score (nSPS) is 26.4. The standard InChI is InChI=1S/C3H3ClO4/c4-3(5)7-2-1-6-8-2/h2H,1H2. The first-order valence-electron chi connectivity index (χ1n) is 1.93. The second-order valence-electron chi connectivity index (χ2n) is 1.17. The smallest absolute Gasteiger partial charge is 0.406 e. The molecule has 1 saturated heterocycles. The molecule has 1 fully saturated rings. The summed E-state index contributed by atoms with van der Waals surface area (Å²) in [5, 5.41) is 0. The summed E-state index contributed by atoms with van der Waals surface area (Å²) >= 11 is 4.79. The predicted octanol–water partition coefficient (Wildman–Crippen LogP) is 0.650. The van der Waals surface area contributed by atoms with Gasteiger partial charge in [-0.3, -0.25) is 0 Å². The van der Waals surface area contributed by atoms with Crippen molar-refractivity contribution < 1.29 is 19.3 Å². The summed E-state index contributed by atoms with van der Waals surface area (Å²) in [5.74, 6) is 0. The summed E-state index contributed by atoms with van der Waals surface area (Å²) in [4.78, 5) is 18.3. The highest BCUT2D eigenvalue weighted by atomic mass is 35.5. The molecule has 0 bridgehead atoms. The number of carbonyl (C=O) groups is 1. The van der Waals surface area contributed by atoms with Crippen LogP contribution in [0.15, 0.2) is 0 Å². The SMILES string of the molecule is O=C(Cl)OC1COO1. The van der Waals surface area contributed by atoms with Crippen LogP contribution in [-0.4, -0.2) is 18.3 Å². The quantitative estimate of drug-likeness (QED) is 0.394. The van der Waals surface area contributed by atoms with Crippen LogP contribution in [0.3, 0.4) is 0 Å². The van der Waals surface area contributed by atoms with Gasteiger partial charge in [0.25, 0.3) is 6.29 Å². The molecule has 1 aliphatic heterocycles. The van der Waals surface area contributed by atoms with Crippen molar-refractivity contribution in [2.45, 2.75) is 6.29 Å². The van der Waals surface area contributed by atoms with Crippen molar-refractivity contribution in [2.75, 3.05) is 6.61 Å². The van der Waals surface area contributed by atoms with Gasteiger partial charge >= 0.3 is 5.43 Å². The zero-order chi connectivity index (χ0) is 5.98. The molecule has 0 aromatic heterocycles. The molecular formula is C3H3ClO4. The van der Waals surface area contributed by atoms with Gasteiger partial charge in [0.15, 0.2) is 0 Å². The van der Waals surface area contributed by atoms with Crippen molar-refractivity contribution in [1.29, 1.82) is 0 Å². The molecular weight excluding hydrogens is 135 g/mol. The van der Waals surface area contributed by atoms with Crippen molar-refractivity contribution >= 4 is 17.0 Å². The van der Waals surface area contributed by atoms with E-state index in [0.717, 1.165) is 0 Å². The van der Waals surface area contributed by atoms with Crippen LogP contribution in [0, 0.1) is 0 Å². The fraction of sp³-hybridized carbons (Fsp3) is 0.667. The Morgan fingerprint density at radius 1 is 1.88 bits per heavy atom. The van der Waals surface area contributed by atoms with Crippen LogP contribution in [0.1, 0.15) is 0 Å². The van der Waals surface area contributed by atoms with Gasteiger partial charge in [-0.1, -0.05) is 0 Å². The topological polar surface area (TPSA) is 44.8 Å². The van der Waals surface area contributed by atoms with E-state index in [4.69, 9.17) is 11.6 Å². The molecule has 0 saturated carbocycles. The maximum atomic E-state index is 9.85. The molecule has 0 N–H and O–H groups in total. The molecule has 1 heterocycles. The lowest BCUT2D eigenvalue weighted by Gasteiger charge is -2.22. The third-order valence-corrected chi connectivity index (χ3v) is 0.693. The molecule has 0 radical (unpaired) electrons. The molecule has 0 aromatic carbocycles. The Bertz CT molecular complexity index is 99.5. The van der Waals surface area contributed by atoms with Gasteiger partial charge in [-0.15, -0.1) is 0 Å². The third kappa shape index (κ3) is 1.33. The summed E-state index contributed by atoms with van der Waals surface area (Å²) < 4.78 is 4.27. The zero-order valence-corrected chi connectivity index (χ0v) is 4.55. The van der Waals surface area contributed by atoms with Crippen molar-refractivity contribution in [3.63, 3.8) is 0 Å². The Morgan fingerprint density at radius 3 is 2.62 bits per heavy atom. The van der Waals surface area contributed by atoms with Crippen LogP contribution in [0.4, 0.5) is 4.79 Å². The minimum atomic E-state index is -0.877. The molecule has 46 valence electrons. The number of ether oxygens (including phenoxy) is 1. The molecule has 5 heteroatoms. The van der Waals surface area contributed by atoms with E-state index in [9.17, 15) is 4.79 Å². The molecule has 1 aliphatic rings. The van der Waals surface area contributed by atoms with E-state index in [0.29, 0.717) is 0 Å². The lowest BCUT2D eigenvalue weighted by atomic mass is 10.7. The Balaban J connectivity index is 2.09. The van der Waals surface area contributed by atoms with Crippen molar-refractivity contribution in [2.24, 2.45) is 0 Å². The highest BCUT2D eigenvalue weighted by Gasteiger charge is 2.23. The second-order valence-corrected chi connectivity index (χ2v) is 1.47. The van der Waals surface area contributed by atoms with E-state index in [2.05, 4.69) is 14.5 Å². The Hall–Kier alpha value is -0.320. The van der Waals surface area contributed by atoms with Crippen LogP contribution in [0.2, 0.25) is 0 Å². The summed E-state index contributed by atoms with van der Waals surface area (Å²) in [5.41, 5.74) is -0.877. The molecule has 1 unspecified atom stereocenters. The minimum Gasteiger partial charge on any atom is -0.418 e. The van der Waals surface area contributed by atoms with Crippen molar-refractivity contribution in [1.82, 2.24) is 0 Å². The first kappa shape index (κ1) is 5.81. The predicted molar refractivity (Wildman–Crippen MR) is 23.2 cm³/mol. The molecule has 0 amide bonds. The summed E-state index contributed by atoms with van der Waals surface area (Å²) in [7, 11) is 0. The average molecular weight is 139 g/mol. The van der Waals surface area contributed by atoms with Gasteiger partial charge in [0.05, 0.1) is 0 Å². The number of rotatable bonds is 1. The first-order valence-corrected chi connectivity index (χ1v) is 2.31. The number of hydrogen-bond donors (Lipinski definition) is 0. The van der Waals surface area contributed by atoms with E-state index < -0.39 is 11.7 Å². The molecule has 4 nitrogen and oxygen atoms in total. The maximum Gasteiger partial charge on any atom is 0.406 e. The molecule has 0 spiro atoms. The third-order valence-electron chi connectivity index (χ3n) is 0.604. The van der Waals surface area contributed by atoms with Gasteiger partial charge in [-0.2, -0.15) is 4.89 Å². The Morgan fingerprint density at radius 2 is 2.50 bits per heavy atom. The Kier molecular flexibility index (Phi) is 1.67. The van der Waals surface area contributed by atoms with Gasteiger partial charge < -0.3 is 4.74 Å². The van der Waals surface area contributed by atoms with Gasteiger partial charge in [0.2, 0.25) is 0 Å². The van der Waals surface area contributed by atoms with Crippen LogP contribution >= 0.6 is 11.6 Å². The fourth-order valence-electron chi connectivity index (χ4n) is 0.281. The molecule has 1 atom stereocenters. The highest BCUT2D eigenvalue weighted by molar-refractivity contribution is 6.61. The van der Waals surface area contributed by atoms with Crippen molar-refractivity contribution in [3.05, 3.63) is 0 Å². The van der Waals surface area contributed by atoms with Crippen LogP contribution in [-0.2, 0) is 14.5 Å². The average Bonchev–Trinajstić information content (AvgIpc) is 1.55. The van der Waals surface area contributed by atoms with Crippen LogP contribution in [0.5, 0.6) is 0 Å². The minimum absolute atomic E-state index is 0.262. The molecule has 0 aromatic rings. The molecule has 8 heavy (non-hydrogen) atoms. The van der Waals surface area contributed by atoms with Crippen molar-refractivity contribution in [3.8, 4) is 0 Å². The lowest BCUT2D eigenvalue weighted by Crippen LogP contribution is -2.34. The summed E-state index contributed by atoms with van der Waals surface area (Å²) in [6, 6.07) is 0. The summed E-state index contributed by atoms with van der Waals surface area (Å²) in [6.45, 7) is 0.262. The van der Waals surface area contributed by atoms with Gasteiger partial charge in [0.1, 0.15) is 6.61 Å². The van der Waals surface area contributed by atoms with E-state index in [1.165, 1.54) is 0 Å². The Labute approximate surface area is 50.2 Å². The van der Waals surface area contributed by atoms with Gasteiger partial charge in [0, 0.05) is 11.6 Å². The summed E-state index contributed by atoms with van der Waals surface area (Å²) in [6.07, 6.45) is -0.597. The fourth-order valence-corrected chi connectivity index (χ4v) is 0.380. The van der Waals surface area contributed by atoms with Crippen LogP contribution < -0.4 is 0 Å². The number of halogens is 1. The molecule has 1 rings (SSSR count).